The highest BCUT2D eigenvalue weighted by atomic mass is 16.2. The van der Waals surface area contributed by atoms with Gasteiger partial charge in [0.2, 0.25) is 0 Å². The molecule has 1 aromatic carbocycles. The fourth-order valence-electron chi connectivity index (χ4n) is 1.84. The van der Waals surface area contributed by atoms with Crippen LogP contribution >= 0.6 is 0 Å². The van der Waals surface area contributed by atoms with Gasteiger partial charge in [-0.05, 0) is 19.1 Å². The van der Waals surface area contributed by atoms with Crippen molar-refractivity contribution in [1.82, 2.24) is 14.9 Å². The van der Waals surface area contributed by atoms with Crippen molar-refractivity contribution < 1.29 is 4.79 Å². The molecular weight excluding hydrogens is 238 g/mol. The first-order valence-corrected chi connectivity index (χ1v) is 6.24. The molecule has 0 aliphatic heterocycles. The molecule has 1 amide bonds. The van der Waals surface area contributed by atoms with Crippen LogP contribution in [0.15, 0.2) is 42.9 Å². The normalized spacial score (nSPS) is 10.2. The lowest BCUT2D eigenvalue weighted by Gasteiger charge is -2.17. The van der Waals surface area contributed by atoms with E-state index in [2.05, 4.69) is 9.97 Å². The fraction of sp³-hybridized carbons (Fsp3) is 0.267. The number of amides is 1. The summed E-state index contributed by atoms with van der Waals surface area (Å²) >= 11 is 0. The Morgan fingerprint density at radius 1 is 1.32 bits per heavy atom. The van der Waals surface area contributed by atoms with Crippen LogP contribution in [-0.2, 0) is 6.42 Å². The van der Waals surface area contributed by atoms with E-state index in [1.165, 1.54) is 0 Å². The number of rotatable bonds is 4. The van der Waals surface area contributed by atoms with Gasteiger partial charge in [0, 0.05) is 44.2 Å². The second-order valence-electron chi connectivity index (χ2n) is 4.54. The molecule has 19 heavy (non-hydrogen) atoms. The number of benzene rings is 1. The van der Waals surface area contributed by atoms with Crippen molar-refractivity contribution in [1.29, 1.82) is 0 Å². The molecule has 0 bridgehead atoms. The van der Waals surface area contributed by atoms with Crippen LogP contribution in [0.5, 0.6) is 0 Å². The van der Waals surface area contributed by atoms with E-state index in [1.54, 1.807) is 30.5 Å². The predicted octanol–water partition coefficient (Wildman–Crippen LogP) is 2.10. The molecule has 0 aliphatic rings. The van der Waals surface area contributed by atoms with Crippen LogP contribution in [-0.4, -0.2) is 34.4 Å². The Bertz CT molecular complexity index is 554. The third kappa shape index (κ3) is 3.61. The minimum Gasteiger partial charge on any atom is -0.341 e. The zero-order valence-electron chi connectivity index (χ0n) is 11.2. The minimum absolute atomic E-state index is 0.0348. The minimum atomic E-state index is 0.0348. The Morgan fingerprint density at radius 2 is 2.16 bits per heavy atom. The fourth-order valence-corrected chi connectivity index (χ4v) is 1.84. The highest BCUT2D eigenvalue weighted by Gasteiger charge is 2.11. The summed E-state index contributed by atoms with van der Waals surface area (Å²) in [5.41, 5.74) is 2.71. The van der Waals surface area contributed by atoms with Crippen LogP contribution in [0.2, 0.25) is 0 Å². The summed E-state index contributed by atoms with van der Waals surface area (Å²) < 4.78 is 0. The number of nitrogens with zero attached hydrogens (tertiary/aromatic N) is 3. The van der Waals surface area contributed by atoms with E-state index in [0.717, 1.165) is 16.8 Å². The van der Waals surface area contributed by atoms with E-state index < -0.39 is 0 Å². The smallest absolute Gasteiger partial charge is 0.253 e. The van der Waals surface area contributed by atoms with Crippen molar-refractivity contribution in [3.05, 3.63) is 59.7 Å². The molecule has 0 atom stereocenters. The van der Waals surface area contributed by atoms with Crippen LogP contribution in [0.1, 0.15) is 21.6 Å². The number of hydrogen-bond acceptors (Lipinski definition) is 3. The summed E-state index contributed by atoms with van der Waals surface area (Å²) in [6, 6.07) is 7.63. The molecule has 1 aromatic heterocycles. The number of likely N-dealkylation sites (N-methyl/N-ethyl adjacent to an activating group) is 1. The van der Waals surface area contributed by atoms with Crippen molar-refractivity contribution in [2.45, 2.75) is 13.3 Å². The molecule has 0 fully saturated rings. The van der Waals surface area contributed by atoms with Crippen molar-refractivity contribution in [2.24, 2.45) is 0 Å². The zero-order chi connectivity index (χ0) is 13.7. The predicted molar refractivity (Wildman–Crippen MR) is 73.9 cm³/mol. The maximum Gasteiger partial charge on any atom is 0.253 e. The molecule has 0 aliphatic carbocycles. The van der Waals surface area contributed by atoms with Gasteiger partial charge in [-0.15, -0.1) is 0 Å². The zero-order valence-corrected chi connectivity index (χ0v) is 11.2. The van der Waals surface area contributed by atoms with Crippen LogP contribution < -0.4 is 0 Å². The number of aromatic nitrogens is 2. The summed E-state index contributed by atoms with van der Waals surface area (Å²) in [7, 11) is 1.81. The Hall–Kier alpha value is -2.23. The molecule has 0 saturated heterocycles. The third-order valence-electron chi connectivity index (χ3n) is 2.93. The lowest BCUT2D eigenvalue weighted by molar-refractivity contribution is 0.0796. The summed E-state index contributed by atoms with van der Waals surface area (Å²) in [6.07, 6.45) is 5.75. The first-order chi connectivity index (χ1) is 9.16. The van der Waals surface area contributed by atoms with Gasteiger partial charge in [0.15, 0.2) is 0 Å². The highest BCUT2D eigenvalue weighted by Crippen LogP contribution is 2.07. The second kappa shape index (κ2) is 6.09. The standard InChI is InChI=1S/C15H17N3O/c1-12-4-3-5-13(10-12)15(19)18(2)9-6-14-11-16-7-8-17-14/h3-5,7-8,10-11H,6,9H2,1-2H3. The molecule has 0 unspecified atom stereocenters. The summed E-state index contributed by atoms with van der Waals surface area (Å²) in [5, 5.41) is 0. The van der Waals surface area contributed by atoms with Crippen molar-refractivity contribution in [3.8, 4) is 0 Å². The first-order valence-electron chi connectivity index (χ1n) is 6.24. The van der Waals surface area contributed by atoms with Gasteiger partial charge in [-0.2, -0.15) is 0 Å². The Kier molecular flexibility index (Phi) is 4.23. The Morgan fingerprint density at radius 3 is 2.84 bits per heavy atom. The summed E-state index contributed by atoms with van der Waals surface area (Å²) in [4.78, 5) is 22.1. The monoisotopic (exact) mass is 255 g/mol. The van der Waals surface area contributed by atoms with Gasteiger partial charge in [-0.1, -0.05) is 17.7 Å². The number of hydrogen-bond donors (Lipinski definition) is 0. The third-order valence-corrected chi connectivity index (χ3v) is 2.93. The molecule has 4 heteroatoms. The number of aryl methyl sites for hydroxylation is 1. The summed E-state index contributed by atoms with van der Waals surface area (Å²) in [5.74, 6) is 0.0348. The van der Waals surface area contributed by atoms with E-state index in [1.807, 2.05) is 31.2 Å². The molecule has 2 aromatic rings. The Labute approximate surface area is 113 Å². The Balaban J connectivity index is 1.96. The number of carbonyl (C=O) groups is 1. The van der Waals surface area contributed by atoms with E-state index in [4.69, 9.17) is 0 Å². The van der Waals surface area contributed by atoms with Gasteiger partial charge < -0.3 is 4.90 Å². The van der Waals surface area contributed by atoms with E-state index >= 15 is 0 Å². The van der Waals surface area contributed by atoms with Gasteiger partial charge in [-0.3, -0.25) is 14.8 Å². The summed E-state index contributed by atoms with van der Waals surface area (Å²) in [6.45, 7) is 2.61. The van der Waals surface area contributed by atoms with Crippen LogP contribution in [0.3, 0.4) is 0 Å². The average Bonchev–Trinajstić information content (AvgIpc) is 2.45. The number of carbonyl (C=O) groups excluding carboxylic acids is 1. The molecule has 0 saturated carbocycles. The first kappa shape index (κ1) is 13.2. The molecule has 0 N–H and O–H groups in total. The lowest BCUT2D eigenvalue weighted by atomic mass is 10.1. The van der Waals surface area contributed by atoms with Gasteiger partial charge >= 0.3 is 0 Å². The molecule has 2 rings (SSSR count). The average molecular weight is 255 g/mol. The van der Waals surface area contributed by atoms with Crippen molar-refractivity contribution >= 4 is 5.91 Å². The van der Waals surface area contributed by atoms with Crippen molar-refractivity contribution in [3.63, 3.8) is 0 Å². The van der Waals surface area contributed by atoms with Crippen molar-refractivity contribution in [2.75, 3.05) is 13.6 Å². The van der Waals surface area contributed by atoms with Gasteiger partial charge in [0.1, 0.15) is 0 Å². The van der Waals surface area contributed by atoms with Gasteiger partial charge in [0.05, 0.1) is 5.69 Å². The van der Waals surface area contributed by atoms with Gasteiger partial charge in [0.25, 0.3) is 5.91 Å². The molecule has 98 valence electrons. The molecule has 4 nitrogen and oxygen atoms in total. The molecule has 0 radical (unpaired) electrons. The van der Waals surface area contributed by atoms with Crippen LogP contribution in [0, 0.1) is 6.92 Å². The molecular formula is C15H17N3O. The van der Waals surface area contributed by atoms with E-state index in [9.17, 15) is 4.79 Å². The lowest BCUT2D eigenvalue weighted by Crippen LogP contribution is -2.29. The van der Waals surface area contributed by atoms with Crippen LogP contribution in [0.4, 0.5) is 0 Å². The molecule has 0 spiro atoms. The maximum atomic E-state index is 12.2. The largest absolute Gasteiger partial charge is 0.341 e. The molecule has 1 heterocycles. The van der Waals surface area contributed by atoms with Gasteiger partial charge in [-0.25, -0.2) is 0 Å². The highest BCUT2D eigenvalue weighted by molar-refractivity contribution is 5.94. The topological polar surface area (TPSA) is 46.1 Å². The van der Waals surface area contributed by atoms with E-state index in [-0.39, 0.29) is 5.91 Å². The van der Waals surface area contributed by atoms with E-state index in [0.29, 0.717) is 13.0 Å². The second-order valence-corrected chi connectivity index (χ2v) is 4.54. The van der Waals surface area contributed by atoms with Crippen LogP contribution in [0.25, 0.3) is 0 Å². The quantitative estimate of drug-likeness (QED) is 0.840. The maximum absolute atomic E-state index is 12.2. The SMILES string of the molecule is Cc1cccc(C(=O)N(C)CCc2cnccn2)c1.